The largest absolute Gasteiger partial charge is 0.445 e. The zero-order valence-corrected chi connectivity index (χ0v) is 10.6. The zero-order valence-electron chi connectivity index (χ0n) is 10.6. The summed E-state index contributed by atoms with van der Waals surface area (Å²) < 4.78 is 39.0. The van der Waals surface area contributed by atoms with Crippen LogP contribution >= 0.6 is 0 Å². The topological polar surface area (TPSA) is 27.6 Å². The van der Waals surface area contributed by atoms with Crippen LogP contribution in [0.5, 0.6) is 0 Å². The minimum atomic E-state index is -4.34. The Morgan fingerprint density at radius 3 is 2.00 bits per heavy atom. The number of halogens is 3. The molecule has 1 atom stereocenters. The Kier molecular flexibility index (Phi) is 2.91. The number of hydrogen-bond donors (Lipinski definition) is 1. The molecule has 0 fully saturated rings. The molecular formula is C16H13F3N+. The minimum Gasteiger partial charge on any atom is -0.344 e. The van der Waals surface area contributed by atoms with E-state index in [-0.39, 0.29) is 5.56 Å². The van der Waals surface area contributed by atoms with Gasteiger partial charge in [-0.05, 0) is 27.6 Å². The number of fused-ring (bicyclic) bond motifs is 3. The lowest BCUT2D eigenvalue weighted by Gasteiger charge is -2.16. The quantitative estimate of drug-likeness (QED) is 0.654. The Hall–Kier alpha value is -2.07. The van der Waals surface area contributed by atoms with Crippen LogP contribution in [0.1, 0.15) is 11.6 Å². The molecule has 0 aliphatic rings. The number of alkyl halides is 3. The molecule has 3 N–H and O–H groups in total. The molecule has 20 heavy (non-hydrogen) atoms. The fourth-order valence-corrected chi connectivity index (χ4v) is 2.55. The Morgan fingerprint density at radius 1 is 0.800 bits per heavy atom. The highest BCUT2D eigenvalue weighted by molar-refractivity contribution is 6.09. The molecule has 0 aliphatic heterocycles. The molecule has 0 amide bonds. The molecule has 0 spiro atoms. The maximum absolute atomic E-state index is 13.0. The summed E-state index contributed by atoms with van der Waals surface area (Å²) in [5.74, 6) is 0. The van der Waals surface area contributed by atoms with Gasteiger partial charge in [0.15, 0.2) is 0 Å². The van der Waals surface area contributed by atoms with Crippen LogP contribution < -0.4 is 5.73 Å². The molecule has 3 aromatic rings. The van der Waals surface area contributed by atoms with E-state index in [9.17, 15) is 13.2 Å². The normalized spacial score (nSPS) is 13.8. The first kappa shape index (κ1) is 12.9. The van der Waals surface area contributed by atoms with Crippen molar-refractivity contribution < 1.29 is 18.9 Å². The average molecular weight is 276 g/mol. The maximum Gasteiger partial charge on any atom is 0.445 e. The molecule has 0 radical (unpaired) electrons. The highest BCUT2D eigenvalue weighted by Gasteiger charge is 2.42. The molecule has 3 rings (SSSR count). The van der Waals surface area contributed by atoms with Gasteiger partial charge in [0.25, 0.3) is 0 Å². The highest BCUT2D eigenvalue weighted by Crippen LogP contribution is 2.36. The van der Waals surface area contributed by atoms with Crippen LogP contribution in [0.25, 0.3) is 21.5 Å². The predicted octanol–water partition coefficient (Wildman–Crippen LogP) is 3.84. The third kappa shape index (κ3) is 2.02. The summed E-state index contributed by atoms with van der Waals surface area (Å²) in [7, 11) is 0. The van der Waals surface area contributed by atoms with Crippen molar-refractivity contribution in [3.05, 3.63) is 60.2 Å². The fraction of sp³-hybridized carbons (Fsp3) is 0.125. The number of hydrogen-bond acceptors (Lipinski definition) is 0. The molecule has 3 aromatic carbocycles. The summed E-state index contributed by atoms with van der Waals surface area (Å²) in [4.78, 5) is 0. The molecule has 1 nitrogen and oxygen atoms in total. The fourth-order valence-electron chi connectivity index (χ4n) is 2.55. The van der Waals surface area contributed by atoms with Crippen molar-refractivity contribution in [3.63, 3.8) is 0 Å². The maximum atomic E-state index is 13.0. The van der Waals surface area contributed by atoms with Crippen LogP contribution in [-0.2, 0) is 0 Å². The van der Waals surface area contributed by atoms with Crippen molar-refractivity contribution in [2.45, 2.75) is 12.2 Å². The SMILES string of the molecule is [NH3+][C@H](c1cc2ccccc2c2ccccc12)C(F)(F)F. The van der Waals surface area contributed by atoms with Gasteiger partial charge in [0.05, 0.1) is 0 Å². The van der Waals surface area contributed by atoms with Crippen molar-refractivity contribution in [2.75, 3.05) is 0 Å². The highest BCUT2D eigenvalue weighted by atomic mass is 19.4. The molecular weight excluding hydrogens is 263 g/mol. The van der Waals surface area contributed by atoms with Crippen LogP contribution in [0.2, 0.25) is 0 Å². The lowest BCUT2D eigenvalue weighted by atomic mass is 9.93. The summed E-state index contributed by atoms with van der Waals surface area (Å²) >= 11 is 0. The Balaban J connectivity index is 2.41. The first-order chi connectivity index (χ1) is 9.48. The van der Waals surface area contributed by atoms with Gasteiger partial charge >= 0.3 is 6.18 Å². The molecule has 0 aromatic heterocycles. The van der Waals surface area contributed by atoms with Crippen LogP contribution in [0.15, 0.2) is 54.6 Å². The third-order valence-electron chi connectivity index (χ3n) is 3.57. The van der Waals surface area contributed by atoms with Crippen molar-refractivity contribution in [1.82, 2.24) is 0 Å². The van der Waals surface area contributed by atoms with E-state index in [2.05, 4.69) is 5.73 Å². The van der Waals surface area contributed by atoms with Crippen molar-refractivity contribution in [3.8, 4) is 0 Å². The molecule has 0 aliphatic carbocycles. The van der Waals surface area contributed by atoms with Gasteiger partial charge in [0, 0.05) is 5.56 Å². The van der Waals surface area contributed by atoms with E-state index in [4.69, 9.17) is 0 Å². The van der Waals surface area contributed by atoms with Crippen molar-refractivity contribution in [2.24, 2.45) is 0 Å². The summed E-state index contributed by atoms with van der Waals surface area (Å²) in [6.07, 6.45) is -4.34. The first-order valence-corrected chi connectivity index (χ1v) is 6.28. The van der Waals surface area contributed by atoms with Crippen molar-refractivity contribution in [1.29, 1.82) is 0 Å². The van der Waals surface area contributed by atoms with Gasteiger partial charge in [-0.1, -0.05) is 48.5 Å². The molecule has 0 unspecified atom stereocenters. The molecule has 0 bridgehead atoms. The molecule has 102 valence electrons. The van der Waals surface area contributed by atoms with Crippen LogP contribution in [-0.4, -0.2) is 6.18 Å². The number of rotatable bonds is 1. The Bertz CT molecular complexity index is 777. The van der Waals surface area contributed by atoms with E-state index >= 15 is 0 Å². The third-order valence-corrected chi connectivity index (χ3v) is 3.57. The summed E-state index contributed by atoms with van der Waals surface area (Å²) in [5, 5.41) is 3.21. The summed E-state index contributed by atoms with van der Waals surface area (Å²) in [6, 6.07) is 14.5. The Labute approximate surface area is 113 Å². The van der Waals surface area contributed by atoms with Crippen LogP contribution in [0.3, 0.4) is 0 Å². The second kappa shape index (κ2) is 4.49. The minimum absolute atomic E-state index is 0.229. The van der Waals surface area contributed by atoms with E-state index in [0.29, 0.717) is 5.39 Å². The molecule has 0 heterocycles. The van der Waals surface area contributed by atoms with Gasteiger partial charge in [-0.25, -0.2) is 0 Å². The van der Waals surface area contributed by atoms with Gasteiger partial charge in [-0.15, -0.1) is 0 Å². The first-order valence-electron chi connectivity index (χ1n) is 6.28. The Morgan fingerprint density at radius 2 is 1.35 bits per heavy atom. The smallest absolute Gasteiger partial charge is 0.344 e. The van der Waals surface area contributed by atoms with Crippen molar-refractivity contribution >= 4 is 21.5 Å². The van der Waals surface area contributed by atoms with Gasteiger partial charge in [-0.3, -0.25) is 0 Å². The van der Waals surface area contributed by atoms with Gasteiger partial charge < -0.3 is 5.73 Å². The lowest BCUT2D eigenvalue weighted by molar-refractivity contribution is -0.487. The predicted molar refractivity (Wildman–Crippen MR) is 73.1 cm³/mol. The van der Waals surface area contributed by atoms with Gasteiger partial charge in [0.2, 0.25) is 6.04 Å². The lowest BCUT2D eigenvalue weighted by Crippen LogP contribution is -2.60. The van der Waals surface area contributed by atoms with E-state index in [1.807, 2.05) is 36.4 Å². The standard InChI is InChI=1S/C16H12F3N/c17-16(18,19)15(20)14-9-10-5-1-2-6-11(10)12-7-3-4-8-13(12)14/h1-9,15H,20H2/p+1/t15-/m1/s1. The van der Waals surface area contributed by atoms with E-state index in [1.165, 1.54) is 0 Å². The van der Waals surface area contributed by atoms with Gasteiger partial charge in [0.1, 0.15) is 0 Å². The number of quaternary nitrogens is 1. The van der Waals surface area contributed by atoms with E-state index < -0.39 is 12.2 Å². The van der Waals surface area contributed by atoms with E-state index in [1.54, 1.807) is 18.2 Å². The summed E-state index contributed by atoms with van der Waals surface area (Å²) in [6.45, 7) is 0. The van der Waals surface area contributed by atoms with Gasteiger partial charge in [-0.2, -0.15) is 13.2 Å². The second-order valence-electron chi connectivity index (χ2n) is 4.83. The monoisotopic (exact) mass is 276 g/mol. The summed E-state index contributed by atoms with van der Waals surface area (Å²) in [5.41, 5.74) is 3.54. The number of benzene rings is 3. The average Bonchev–Trinajstić information content (AvgIpc) is 2.44. The molecule has 0 saturated heterocycles. The zero-order chi connectivity index (χ0) is 14.3. The van der Waals surface area contributed by atoms with Crippen LogP contribution in [0.4, 0.5) is 13.2 Å². The molecule has 4 heteroatoms. The second-order valence-corrected chi connectivity index (χ2v) is 4.83. The van der Waals surface area contributed by atoms with Crippen LogP contribution in [0, 0.1) is 0 Å². The van der Waals surface area contributed by atoms with E-state index in [0.717, 1.165) is 16.2 Å². The molecule has 0 saturated carbocycles.